The van der Waals surface area contributed by atoms with Crippen molar-refractivity contribution in [2.45, 2.75) is 32.7 Å². The highest BCUT2D eigenvalue weighted by atomic mass is 19.1. The minimum atomic E-state index is -0.547. The third-order valence-electron chi connectivity index (χ3n) is 7.33. The normalized spacial score (nSPS) is 12.6. The molecule has 3 aromatic carbocycles. The monoisotopic (exact) mass is 569 g/mol. The van der Waals surface area contributed by atoms with Crippen molar-refractivity contribution in [2.75, 3.05) is 19.5 Å². The van der Waals surface area contributed by atoms with Crippen LogP contribution >= 0.6 is 0 Å². The molecule has 0 radical (unpaired) electrons. The molecule has 1 aliphatic heterocycles. The predicted octanol–water partition coefficient (Wildman–Crippen LogP) is 5.43. The molecule has 11 heteroatoms. The number of para-hydroxylation sites is 1. The molecular formula is C31H28FN5O5. The van der Waals surface area contributed by atoms with E-state index in [0.29, 0.717) is 58.4 Å². The standard InChI is InChI=1S/C31H28FN5O5/c1-18-14-19(11-12-25(18)42-30-20-15-26(40-2)27(41-3)16-22(20)33-17-34-30)35-29(38)28-24-10-6-7-13-36(24)37(31(28)39)23-9-5-4-8-21(23)32/h4-5,8-9,11-12,14-17H,6-7,10,13H2,1-3H3,(H,35,38). The van der Waals surface area contributed by atoms with Gasteiger partial charge in [-0.05, 0) is 68.1 Å². The molecule has 5 aromatic rings. The van der Waals surface area contributed by atoms with E-state index in [1.165, 1.54) is 23.1 Å². The Balaban J connectivity index is 1.29. The molecule has 214 valence electrons. The first-order valence-corrected chi connectivity index (χ1v) is 13.5. The zero-order valence-electron chi connectivity index (χ0n) is 23.3. The van der Waals surface area contributed by atoms with Crippen molar-refractivity contribution in [1.82, 2.24) is 19.3 Å². The van der Waals surface area contributed by atoms with Gasteiger partial charge >= 0.3 is 0 Å². The Morgan fingerprint density at radius 1 is 0.976 bits per heavy atom. The smallest absolute Gasteiger partial charge is 0.284 e. The van der Waals surface area contributed by atoms with Gasteiger partial charge in [0, 0.05) is 18.3 Å². The number of fused-ring (bicyclic) bond motifs is 2. The number of aromatic nitrogens is 4. The molecule has 0 aliphatic carbocycles. The van der Waals surface area contributed by atoms with E-state index in [1.54, 1.807) is 61.4 Å². The number of hydrogen-bond donors (Lipinski definition) is 1. The second-order valence-corrected chi connectivity index (χ2v) is 9.91. The van der Waals surface area contributed by atoms with E-state index in [1.807, 2.05) is 6.92 Å². The summed E-state index contributed by atoms with van der Waals surface area (Å²) in [6.07, 6.45) is 3.62. The van der Waals surface area contributed by atoms with Gasteiger partial charge in [0.25, 0.3) is 11.5 Å². The molecule has 0 bridgehead atoms. The van der Waals surface area contributed by atoms with Crippen molar-refractivity contribution >= 4 is 22.5 Å². The number of methoxy groups -OCH3 is 2. The fraction of sp³-hybridized carbons (Fsp3) is 0.226. The lowest BCUT2D eigenvalue weighted by Crippen LogP contribution is -2.26. The topological polar surface area (TPSA) is 110 Å². The van der Waals surface area contributed by atoms with Crippen LogP contribution in [0.1, 0.15) is 34.5 Å². The zero-order chi connectivity index (χ0) is 29.4. The third kappa shape index (κ3) is 4.72. The Kier molecular flexibility index (Phi) is 7.07. The molecule has 0 saturated carbocycles. The molecule has 2 aromatic heterocycles. The summed E-state index contributed by atoms with van der Waals surface area (Å²) in [4.78, 5) is 35.6. The Labute approximate surface area is 240 Å². The number of nitrogens with one attached hydrogen (secondary N) is 1. The van der Waals surface area contributed by atoms with E-state index >= 15 is 0 Å². The maximum absolute atomic E-state index is 14.7. The van der Waals surface area contributed by atoms with E-state index in [-0.39, 0.29) is 11.3 Å². The Morgan fingerprint density at radius 2 is 1.76 bits per heavy atom. The molecule has 0 fully saturated rings. The van der Waals surface area contributed by atoms with Crippen LogP contribution in [0.2, 0.25) is 0 Å². The first-order chi connectivity index (χ1) is 20.4. The summed E-state index contributed by atoms with van der Waals surface area (Å²) in [6.45, 7) is 2.36. The van der Waals surface area contributed by atoms with E-state index in [0.717, 1.165) is 18.4 Å². The molecular weight excluding hydrogens is 541 g/mol. The molecule has 42 heavy (non-hydrogen) atoms. The van der Waals surface area contributed by atoms with Crippen LogP contribution in [0, 0.1) is 12.7 Å². The highest BCUT2D eigenvalue weighted by molar-refractivity contribution is 6.05. The SMILES string of the molecule is COc1cc2ncnc(Oc3ccc(NC(=O)c4c5n(n(-c6ccccc6F)c4=O)CCCC5)cc3C)c2cc1OC. The molecule has 0 saturated heterocycles. The highest BCUT2D eigenvalue weighted by Gasteiger charge is 2.28. The molecule has 10 nitrogen and oxygen atoms in total. The molecule has 0 spiro atoms. The van der Waals surface area contributed by atoms with Crippen LogP contribution in [0.15, 0.2) is 65.7 Å². The van der Waals surface area contributed by atoms with Crippen molar-refractivity contribution in [1.29, 1.82) is 0 Å². The van der Waals surface area contributed by atoms with Gasteiger partial charge < -0.3 is 19.5 Å². The summed E-state index contributed by atoms with van der Waals surface area (Å²) in [7, 11) is 3.10. The van der Waals surface area contributed by atoms with E-state index in [4.69, 9.17) is 14.2 Å². The second-order valence-electron chi connectivity index (χ2n) is 9.91. The number of carbonyl (C=O) groups is 1. The maximum atomic E-state index is 14.7. The van der Waals surface area contributed by atoms with Crippen molar-refractivity contribution < 1.29 is 23.4 Å². The van der Waals surface area contributed by atoms with Gasteiger partial charge in [0.1, 0.15) is 29.1 Å². The zero-order valence-corrected chi connectivity index (χ0v) is 23.3. The molecule has 0 atom stereocenters. The lowest BCUT2D eigenvalue weighted by atomic mass is 10.1. The van der Waals surface area contributed by atoms with Crippen LogP contribution in [0.5, 0.6) is 23.1 Å². The van der Waals surface area contributed by atoms with Gasteiger partial charge in [0.05, 0.1) is 30.8 Å². The lowest BCUT2D eigenvalue weighted by molar-refractivity contribution is 0.102. The van der Waals surface area contributed by atoms with Gasteiger partial charge in [0.2, 0.25) is 5.88 Å². The van der Waals surface area contributed by atoms with Crippen LogP contribution in [0.3, 0.4) is 0 Å². The van der Waals surface area contributed by atoms with Gasteiger partial charge in [-0.1, -0.05) is 12.1 Å². The number of aryl methyl sites for hydroxylation is 1. The van der Waals surface area contributed by atoms with E-state index < -0.39 is 17.3 Å². The molecule has 0 unspecified atom stereocenters. The second kappa shape index (κ2) is 11.0. The van der Waals surface area contributed by atoms with Crippen molar-refractivity contribution in [3.05, 3.63) is 93.9 Å². The van der Waals surface area contributed by atoms with Crippen LogP contribution in [-0.4, -0.2) is 39.5 Å². The van der Waals surface area contributed by atoms with Gasteiger partial charge in [-0.2, -0.15) is 0 Å². The van der Waals surface area contributed by atoms with Gasteiger partial charge in [-0.15, -0.1) is 0 Å². The Morgan fingerprint density at radius 3 is 2.52 bits per heavy atom. The quantitative estimate of drug-likeness (QED) is 0.278. The van der Waals surface area contributed by atoms with Gasteiger partial charge in [0.15, 0.2) is 11.5 Å². The van der Waals surface area contributed by atoms with Crippen LogP contribution in [0.4, 0.5) is 10.1 Å². The minimum absolute atomic E-state index is 0.0211. The number of hydrogen-bond acceptors (Lipinski definition) is 7. The van der Waals surface area contributed by atoms with E-state index in [2.05, 4.69) is 15.3 Å². The largest absolute Gasteiger partial charge is 0.493 e. The van der Waals surface area contributed by atoms with Crippen molar-refractivity contribution in [3.63, 3.8) is 0 Å². The number of ether oxygens (including phenoxy) is 3. The number of amides is 1. The number of nitrogens with zero attached hydrogens (tertiary/aromatic N) is 4. The average molecular weight is 570 g/mol. The van der Waals surface area contributed by atoms with Crippen LogP contribution < -0.4 is 25.1 Å². The maximum Gasteiger partial charge on any atom is 0.284 e. The number of anilines is 1. The van der Waals surface area contributed by atoms with E-state index in [9.17, 15) is 14.0 Å². The molecule has 3 heterocycles. The van der Waals surface area contributed by atoms with Crippen LogP contribution in [-0.2, 0) is 13.0 Å². The number of benzene rings is 3. The van der Waals surface area contributed by atoms with Crippen molar-refractivity contribution in [3.8, 4) is 28.8 Å². The molecule has 1 aliphatic rings. The molecule has 1 amide bonds. The minimum Gasteiger partial charge on any atom is -0.493 e. The first-order valence-electron chi connectivity index (χ1n) is 13.5. The van der Waals surface area contributed by atoms with Gasteiger partial charge in [-0.25, -0.2) is 19.0 Å². The lowest BCUT2D eigenvalue weighted by Gasteiger charge is -2.19. The van der Waals surface area contributed by atoms with Crippen molar-refractivity contribution in [2.24, 2.45) is 0 Å². The summed E-state index contributed by atoms with van der Waals surface area (Å²) in [5.74, 6) is 0.827. The predicted molar refractivity (Wildman–Crippen MR) is 155 cm³/mol. The number of rotatable bonds is 7. The number of carbonyl (C=O) groups excluding carboxylic acids is 1. The van der Waals surface area contributed by atoms with Gasteiger partial charge in [-0.3, -0.25) is 14.3 Å². The number of halogens is 1. The highest BCUT2D eigenvalue weighted by Crippen LogP contribution is 2.36. The third-order valence-corrected chi connectivity index (χ3v) is 7.33. The van der Waals surface area contributed by atoms with Crippen LogP contribution in [0.25, 0.3) is 16.6 Å². The summed E-state index contributed by atoms with van der Waals surface area (Å²) in [5.41, 5.74) is 2.03. The summed E-state index contributed by atoms with van der Waals surface area (Å²) >= 11 is 0. The Hall–Kier alpha value is -5.19. The summed E-state index contributed by atoms with van der Waals surface area (Å²) in [6, 6.07) is 14.7. The fourth-order valence-electron chi connectivity index (χ4n) is 5.30. The molecule has 6 rings (SSSR count). The summed E-state index contributed by atoms with van der Waals surface area (Å²) < 4.78 is 34.6. The summed E-state index contributed by atoms with van der Waals surface area (Å²) in [5, 5.41) is 3.48. The first kappa shape index (κ1) is 27.0. The average Bonchev–Trinajstić information content (AvgIpc) is 3.29. The Bertz CT molecular complexity index is 1900. The molecule has 1 N–H and O–H groups in total. The fourth-order valence-corrected chi connectivity index (χ4v) is 5.30.